The van der Waals surface area contributed by atoms with E-state index in [-0.39, 0.29) is 6.03 Å². The summed E-state index contributed by atoms with van der Waals surface area (Å²) in [4.78, 5) is 22.9. The van der Waals surface area contributed by atoms with Crippen molar-refractivity contribution >= 4 is 22.5 Å². The second kappa shape index (κ2) is 6.07. The highest BCUT2D eigenvalue weighted by Crippen LogP contribution is 2.19. The van der Waals surface area contributed by atoms with Crippen LogP contribution in [0.1, 0.15) is 6.92 Å². The summed E-state index contributed by atoms with van der Waals surface area (Å²) in [5.41, 5.74) is 0. The Bertz CT molecular complexity index is 438. The van der Waals surface area contributed by atoms with Crippen LogP contribution in [-0.4, -0.2) is 77.6 Å². The zero-order chi connectivity index (χ0) is 13.9. The number of amides is 2. The first-order valence-corrected chi connectivity index (χ1v) is 8.06. The summed E-state index contributed by atoms with van der Waals surface area (Å²) < 4.78 is 0. The molecule has 110 valence electrons. The van der Waals surface area contributed by atoms with Crippen molar-refractivity contribution in [2.45, 2.75) is 13.0 Å². The van der Waals surface area contributed by atoms with E-state index in [0.29, 0.717) is 11.2 Å². The Morgan fingerprint density at radius 2 is 2.15 bits per heavy atom. The molecule has 0 atom stereocenters. The van der Waals surface area contributed by atoms with Crippen LogP contribution in [0.4, 0.5) is 9.93 Å². The van der Waals surface area contributed by atoms with Crippen molar-refractivity contribution in [2.24, 2.45) is 0 Å². The minimum absolute atomic E-state index is 0.0246. The number of carbonyl (C=O) groups is 1. The maximum Gasteiger partial charge on any atom is 0.323 e. The van der Waals surface area contributed by atoms with E-state index >= 15 is 0 Å². The molecule has 3 rings (SSSR count). The molecule has 2 aliphatic rings. The highest BCUT2D eigenvalue weighted by molar-refractivity contribution is 7.13. The average Bonchev–Trinajstić information content (AvgIpc) is 2.90. The van der Waals surface area contributed by atoms with Crippen molar-refractivity contribution in [1.29, 1.82) is 0 Å². The summed E-state index contributed by atoms with van der Waals surface area (Å²) in [6.45, 7) is 9.58. The highest BCUT2D eigenvalue weighted by atomic mass is 32.1. The molecule has 0 radical (unpaired) electrons. The predicted molar refractivity (Wildman–Crippen MR) is 80.2 cm³/mol. The lowest BCUT2D eigenvalue weighted by molar-refractivity contribution is 0.0273. The van der Waals surface area contributed by atoms with Crippen molar-refractivity contribution in [2.75, 3.05) is 51.1 Å². The van der Waals surface area contributed by atoms with Crippen LogP contribution in [0.2, 0.25) is 0 Å². The van der Waals surface area contributed by atoms with Crippen molar-refractivity contribution in [3.8, 4) is 0 Å². The molecule has 2 aliphatic heterocycles. The minimum atomic E-state index is -0.0246. The lowest BCUT2D eigenvalue weighted by Crippen LogP contribution is -2.64. The summed E-state index contributed by atoms with van der Waals surface area (Å²) in [6, 6.07) is 0.513. The molecule has 1 N–H and O–H groups in total. The number of anilines is 1. The van der Waals surface area contributed by atoms with Crippen LogP contribution in [0, 0.1) is 0 Å². The second-order valence-corrected chi connectivity index (χ2v) is 6.19. The number of piperazine rings is 1. The standard InChI is InChI=1S/C13H21N5OS/c1-2-16-4-6-17(7-5-16)11-9-18(10-11)13(19)15-12-14-3-8-20-12/h3,8,11H,2,4-7,9-10H2,1H3,(H,14,15,19). The average molecular weight is 295 g/mol. The van der Waals surface area contributed by atoms with Crippen molar-refractivity contribution in [3.05, 3.63) is 11.6 Å². The molecule has 0 aliphatic carbocycles. The monoisotopic (exact) mass is 295 g/mol. The largest absolute Gasteiger partial charge is 0.323 e. The molecule has 2 saturated heterocycles. The molecular weight excluding hydrogens is 274 g/mol. The van der Waals surface area contributed by atoms with E-state index in [9.17, 15) is 4.79 Å². The molecule has 0 aromatic carbocycles. The molecular formula is C13H21N5OS. The third kappa shape index (κ3) is 2.94. The summed E-state index contributed by atoms with van der Waals surface area (Å²) in [5.74, 6) is 0. The molecule has 3 heterocycles. The molecule has 20 heavy (non-hydrogen) atoms. The topological polar surface area (TPSA) is 51.7 Å². The first kappa shape index (κ1) is 13.8. The number of likely N-dealkylation sites (N-methyl/N-ethyl adjacent to an activating group) is 1. The molecule has 0 spiro atoms. The molecule has 0 unspecified atom stereocenters. The van der Waals surface area contributed by atoms with Crippen molar-refractivity contribution in [3.63, 3.8) is 0 Å². The normalized spacial score (nSPS) is 21.8. The Morgan fingerprint density at radius 3 is 2.75 bits per heavy atom. The van der Waals surface area contributed by atoms with E-state index in [4.69, 9.17) is 0 Å². The van der Waals surface area contributed by atoms with E-state index in [1.165, 1.54) is 11.3 Å². The number of nitrogens with zero attached hydrogens (tertiary/aromatic N) is 4. The van der Waals surface area contributed by atoms with Crippen molar-refractivity contribution < 1.29 is 4.79 Å². The maximum absolute atomic E-state index is 12.0. The Hall–Kier alpha value is -1.18. The van der Waals surface area contributed by atoms with E-state index in [1.807, 2.05) is 10.3 Å². The zero-order valence-electron chi connectivity index (χ0n) is 11.8. The molecule has 6 nitrogen and oxygen atoms in total. The van der Waals surface area contributed by atoms with Gasteiger partial charge in [-0.2, -0.15) is 0 Å². The number of rotatable bonds is 3. The third-order valence-corrected chi connectivity index (χ3v) is 4.85. The van der Waals surface area contributed by atoms with E-state index in [0.717, 1.165) is 45.8 Å². The lowest BCUT2D eigenvalue weighted by Gasteiger charge is -2.47. The summed E-state index contributed by atoms with van der Waals surface area (Å²) in [7, 11) is 0. The van der Waals surface area contributed by atoms with Gasteiger partial charge in [0.05, 0.1) is 0 Å². The first-order chi connectivity index (χ1) is 9.76. The smallest absolute Gasteiger partial charge is 0.321 e. The third-order valence-electron chi connectivity index (χ3n) is 4.17. The number of nitrogens with one attached hydrogen (secondary N) is 1. The van der Waals surface area contributed by atoms with E-state index in [2.05, 4.69) is 27.0 Å². The van der Waals surface area contributed by atoms with Gasteiger partial charge in [-0.3, -0.25) is 10.2 Å². The molecule has 7 heteroatoms. The van der Waals surface area contributed by atoms with Gasteiger partial charge >= 0.3 is 6.03 Å². The van der Waals surface area contributed by atoms with Crippen LogP contribution in [0.15, 0.2) is 11.6 Å². The van der Waals surface area contributed by atoms with Crippen LogP contribution in [-0.2, 0) is 0 Å². The van der Waals surface area contributed by atoms with Crippen LogP contribution in [0.25, 0.3) is 0 Å². The fraction of sp³-hybridized carbons (Fsp3) is 0.692. The Balaban J connectivity index is 1.41. The fourth-order valence-electron chi connectivity index (χ4n) is 2.75. The summed E-state index contributed by atoms with van der Waals surface area (Å²) >= 11 is 1.45. The van der Waals surface area contributed by atoms with Gasteiger partial charge in [0, 0.05) is 56.9 Å². The van der Waals surface area contributed by atoms with Gasteiger partial charge in [-0.05, 0) is 6.54 Å². The minimum Gasteiger partial charge on any atom is -0.321 e. The van der Waals surface area contributed by atoms with Crippen LogP contribution in [0.5, 0.6) is 0 Å². The number of hydrogen-bond acceptors (Lipinski definition) is 5. The number of thiazole rings is 1. The van der Waals surface area contributed by atoms with Crippen LogP contribution < -0.4 is 5.32 Å². The summed E-state index contributed by atoms with van der Waals surface area (Å²) in [5, 5.41) is 5.37. The zero-order valence-corrected chi connectivity index (χ0v) is 12.6. The molecule has 1 aromatic heterocycles. The molecule has 0 saturated carbocycles. The number of hydrogen-bond donors (Lipinski definition) is 1. The van der Waals surface area contributed by atoms with Crippen molar-refractivity contribution in [1.82, 2.24) is 19.7 Å². The maximum atomic E-state index is 12.0. The van der Waals surface area contributed by atoms with E-state index in [1.54, 1.807) is 6.20 Å². The van der Waals surface area contributed by atoms with Gasteiger partial charge < -0.3 is 9.80 Å². The SMILES string of the molecule is CCN1CCN(C2CN(C(=O)Nc3nccs3)C2)CC1. The molecule has 0 bridgehead atoms. The van der Waals surface area contributed by atoms with Gasteiger partial charge in [-0.25, -0.2) is 9.78 Å². The van der Waals surface area contributed by atoms with E-state index < -0.39 is 0 Å². The molecule has 2 fully saturated rings. The number of urea groups is 1. The number of carbonyl (C=O) groups excluding carboxylic acids is 1. The lowest BCUT2D eigenvalue weighted by atomic mass is 10.1. The Morgan fingerprint density at radius 1 is 1.40 bits per heavy atom. The predicted octanol–water partition coefficient (Wildman–Crippen LogP) is 0.997. The Labute approximate surface area is 123 Å². The van der Waals surface area contributed by atoms with Gasteiger partial charge in [-0.15, -0.1) is 11.3 Å². The van der Waals surface area contributed by atoms with Gasteiger partial charge in [0.2, 0.25) is 0 Å². The van der Waals surface area contributed by atoms with Gasteiger partial charge in [0.25, 0.3) is 0 Å². The van der Waals surface area contributed by atoms with Crippen LogP contribution >= 0.6 is 11.3 Å². The van der Waals surface area contributed by atoms with Gasteiger partial charge in [-0.1, -0.05) is 6.92 Å². The molecule has 2 amide bonds. The fourth-order valence-corrected chi connectivity index (χ4v) is 3.27. The number of aromatic nitrogens is 1. The number of likely N-dealkylation sites (tertiary alicyclic amines) is 1. The Kier molecular flexibility index (Phi) is 4.18. The van der Waals surface area contributed by atoms with Gasteiger partial charge in [0.1, 0.15) is 0 Å². The summed E-state index contributed by atoms with van der Waals surface area (Å²) in [6.07, 6.45) is 1.70. The molecule has 1 aromatic rings. The van der Waals surface area contributed by atoms with Gasteiger partial charge in [0.15, 0.2) is 5.13 Å². The van der Waals surface area contributed by atoms with Crippen LogP contribution in [0.3, 0.4) is 0 Å². The first-order valence-electron chi connectivity index (χ1n) is 7.18. The highest BCUT2D eigenvalue weighted by Gasteiger charge is 2.36. The second-order valence-electron chi connectivity index (χ2n) is 5.30. The quantitative estimate of drug-likeness (QED) is 0.904.